The number of hydrogen-bond donors (Lipinski definition) is 1. The van der Waals surface area contributed by atoms with E-state index in [2.05, 4.69) is 0 Å². The van der Waals surface area contributed by atoms with Crippen LogP contribution in [0.2, 0.25) is 0 Å². The van der Waals surface area contributed by atoms with E-state index in [1.54, 1.807) is 0 Å². The highest BCUT2D eigenvalue weighted by atomic mass is 16.7. The van der Waals surface area contributed by atoms with Gasteiger partial charge in [0.05, 0.1) is 0 Å². The van der Waals surface area contributed by atoms with Crippen LogP contribution in [0.3, 0.4) is 0 Å². The highest BCUT2D eigenvalue weighted by Crippen LogP contribution is 2.30. The quantitative estimate of drug-likeness (QED) is 0.395. The molecule has 6 atom stereocenters. The molecule has 0 aromatic rings. The van der Waals surface area contributed by atoms with Gasteiger partial charge >= 0.3 is 29.8 Å². The summed E-state index contributed by atoms with van der Waals surface area (Å²) < 4.78 is 30.5. The molecule has 0 unspecified atom stereocenters. The number of ether oxygens (including phenoxy) is 6. The maximum Gasteiger partial charge on any atom is 0.303 e. The van der Waals surface area contributed by atoms with Crippen LogP contribution in [-0.2, 0) is 52.4 Å². The molecule has 0 saturated carbocycles. The van der Waals surface area contributed by atoms with Crippen LogP contribution < -0.4 is 0 Å². The van der Waals surface area contributed by atoms with Gasteiger partial charge in [0, 0.05) is 34.6 Å². The number of esters is 5. The lowest BCUT2D eigenvalue weighted by Gasteiger charge is -2.44. The second-order valence-electron chi connectivity index (χ2n) is 6.16. The molecule has 0 radical (unpaired) electrons. The van der Waals surface area contributed by atoms with E-state index in [0.29, 0.717) is 0 Å². The van der Waals surface area contributed by atoms with Crippen LogP contribution in [0, 0.1) is 0 Å². The van der Waals surface area contributed by atoms with Crippen molar-refractivity contribution in [1.82, 2.24) is 0 Å². The van der Waals surface area contributed by atoms with Gasteiger partial charge in [-0.25, -0.2) is 0 Å². The van der Waals surface area contributed by atoms with Gasteiger partial charge < -0.3 is 33.5 Å². The van der Waals surface area contributed by atoms with E-state index in [0.717, 1.165) is 34.6 Å². The van der Waals surface area contributed by atoms with Crippen LogP contribution in [0.25, 0.3) is 0 Å². The van der Waals surface area contributed by atoms with Gasteiger partial charge in [-0.2, -0.15) is 0 Å². The Labute approximate surface area is 166 Å². The predicted molar refractivity (Wildman–Crippen MR) is 89.7 cm³/mol. The summed E-state index contributed by atoms with van der Waals surface area (Å²) in [6, 6.07) is 0. The maximum atomic E-state index is 11.6. The lowest BCUT2D eigenvalue weighted by atomic mass is 9.94. The highest BCUT2D eigenvalue weighted by molar-refractivity contribution is 5.69. The molecule has 1 aliphatic heterocycles. The summed E-state index contributed by atoms with van der Waals surface area (Å²) in [6.45, 7) is 4.84. The molecule has 12 heteroatoms. The summed E-state index contributed by atoms with van der Waals surface area (Å²) in [4.78, 5) is 57.2. The number of carbonyl (C=O) groups excluding carboxylic acids is 5. The van der Waals surface area contributed by atoms with Gasteiger partial charge in [-0.1, -0.05) is 0 Å². The van der Waals surface area contributed by atoms with Crippen LogP contribution in [-0.4, -0.2) is 78.4 Å². The minimum absolute atomic E-state index is 0.505. The largest absolute Gasteiger partial charge is 0.462 e. The molecule has 0 aromatic carbocycles. The Kier molecular flexibility index (Phi) is 8.98. The van der Waals surface area contributed by atoms with E-state index in [-0.39, 0.29) is 0 Å². The van der Waals surface area contributed by atoms with E-state index >= 15 is 0 Å². The highest BCUT2D eigenvalue weighted by Gasteiger charge is 2.54. The van der Waals surface area contributed by atoms with Crippen molar-refractivity contribution in [3.05, 3.63) is 0 Å². The first kappa shape index (κ1) is 24.3. The first-order valence-electron chi connectivity index (χ1n) is 8.58. The fourth-order valence-corrected chi connectivity index (χ4v) is 2.73. The Morgan fingerprint density at radius 3 is 1.69 bits per heavy atom. The average Bonchev–Trinajstić information content (AvgIpc) is 2.55. The Morgan fingerprint density at radius 2 is 1.24 bits per heavy atom. The van der Waals surface area contributed by atoms with Crippen LogP contribution in [0.15, 0.2) is 0 Å². The van der Waals surface area contributed by atoms with Crippen LogP contribution in [0.5, 0.6) is 0 Å². The molecule has 0 bridgehead atoms. The first-order valence-corrected chi connectivity index (χ1v) is 8.58. The Morgan fingerprint density at radius 1 is 0.759 bits per heavy atom. The molecule has 0 aliphatic carbocycles. The van der Waals surface area contributed by atoms with Crippen LogP contribution in [0.1, 0.15) is 34.6 Å². The smallest absolute Gasteiger partial charge is 0.303 e. The van der Waals surface area contributed by atoms with Crippen molar-refractivity contribution >= 4 is 29.8 Å². The van der Waals surface area contributed by atoms with Gasteiger partial charge in [0.15, 0.2) is 30.7 Å². The second kappa shape index (κ2) is 10.7. The lowest BCUT2D eigenvalue weighted by Crippen LogP contribution is -2.64. The molecular weight excluding hydrogens is 396 g/mol. The topological polar surface area (TPSA) is 161 Å². The Bertz CT molecular complexity index is 644. The van der Waals surface area contributed by atoms with E-state index in [4.69, 9.17) is 28.4 Å². The first-order chi connectivity index (χ1) is 13.4. The number of aliphatic hydroxyl groups is 1. The van der Waals surface area contributed by atoms with Crippen molar-refractivity contribution in [2.45, 2.75) is 71.4 Å². The molecular formula is C17H24O12. The van der Waals surface area contributed by atoms with E-state index in [1.165, 1.54) is 0 Å². The SMILES string of the molecule is CC(=O)OC[C@H](OC(C)=O)[C@H]1O[C@H](O)[C@H](OC(C)=O)[C@@H](OC(C)=O)[C@@H]1OC(C)=O. The lowest BCUT2D eigenvalue weighted by molar-refractivity contribution is -0.306. The fraction of sp³-hybridized carbons (Fsp3) is 0.706. The summed E-state index contributed by atoms with van der Waals surface area (Å²) in [7, 11) is 0. The molecule has 1 saturated heterocycles. The fourth-order valence-electron chi connectivity index (χ4n) is 2.73. The van der Waals surface area contributed by atoms with Crippen molar-refractivity contribution in [1.29, 1.82) is 0 Å². The number of aliphatic hydroxyl groups excluding tert-OH is 1. The van der Waals surface area contributed by atoms with E-state index < -0.39 is 73.3 Å². The second-order valence-corrected chi connectivity index (χ2v) is 6.16. The summed E-state index contributed by atoms with van der Waals surface area (Å²) in [5, 5.41) is 10.3. The van der Waals surface area contributed by atoms with E-state index in [9.17, 15) is 29.1 Å². The zero-order valence-corrected chi connectivity index (χ0v) is 16.6. The molecule has 0 spiro atoms. The van der Waals surface area contributed by atoms with Crippen molar-refractivity contribution in [3.63, 3.8) is 0 Å². The zero-order chi connectivity index (χ0) is 22.3. The van der Waals surface area contributed by atoms with Gasteiger partial charge in [-0.3, -0.25) is 24.0 Å². The minimum Gasteiger partial charge on any atom is -0.462 e. The van der Waals surface area contributed by atoms with Crippen molar-refractivity contribution < 1.29 is 57.5 Å². The third-order valence-corrected chi connectivity index (χ3v) is 3.59. The van der Waals surface area contributed by atoms with Gasteiger partial charge in [-0.15, -0.1) is 0 Å². The molecule has 1 N–H and O–H groups in total. The molecule has 29 heavy (non-hydrogen) atoms. The molecule has 1 aliphatic rings. The summed E-state index contributed by atoms with van der Waals surface area (Å²) in [6.07, 6.45) is -9.10. The molecule has 1 fully saturated rings. The zero-order valence-electron chi connectivity index (χ0n) is 16.6. The van der Waals surface area contributed by atoms with Gasteiger partial charge in [0.1, 0.15) is 12.7 Å². The van der Waals surface area contributed by atoms with Crippen molar-refractivity contribution in [2.75, 3.05) is 6.61 Å². The molecule has 1 heterocycles. The molecule has 0 amide bonds. The number of rotatable bonds is 7. The summed E-state index contributed by atoms with van der Waals surface area (Å²) >= 11 is 0. The monoisotopic (exact) mass is 420 g/mol. The Hall–Kier alpha value is -2.73. The summed E-state index contributed by atoms with van der Waals surface area (Å²) in [5.74, 6) is -3.97. The number of carbonyl (C=O) groups is 5. The number of hydrogen-bond acceptors (Lipinski definition) is 12. The van der Waals surface area contributed by atoms with E-state index in [1.807, 2.05) is 0 Å². The van der Waals surface area contributed by atoms with Crippen LogP contribution >= 0.6 is 0 Å². The molecule has 12 nitrogen and oxygen atoms in total. The summed E-state index contributed by atoms with van der Waals surface area (Å²) in [5.41, 5.74) is 0. The third-order valence-electron chi connectivity index (χ3n) is 3.59. The van der Waals surface area contributed by atoms with Crippen molar-refractivity contribution in [2.24, 2.45) is 0 Å². The predicted octanol–water partition coefficient (Wildman–Crippen LogP) is -1.01. The Balaban J connectivity index is 3.34. The van der Waals surface area contributed by atoms with Gasteiger partial charge in [0.25, 0.3) is 0 Å². The normalized spacial score (nSPS) is 27.2. The molecule has 1 rings (SSSR count). The van der Waals surface area contributed by atoms with Crippen LogP contribution in [0.4, 0.5) is 0 Å². The average molecular weight is 420 g/mol. The molecule has 164 valence electrons. The van der Waals surface area contributed by atoms with Gasteiger partial charge in [-0.05, 0) is 0 Å². The molecule has 0 aromatic heterocycles. The minimum atomic E-state index is -1.84. The van der Waals surface area contributed by atoms with Crippen molar-refractivity contribution in [3.8, 4) is 0 Å². The van der Waals surface area contributed by atoms with Gasteiger partial charge in [0.2, 0.25) is 0 Å². The third kappa shape index (κ3) is 7.66. The maximum absolute atomic E-state index is 11.6. The standard InChI is InChI=1S/C17H24O12/c1-7(18)24-6-12(25-8(2)19)13-14(26-9(3)20)15(27-10(4)21)16(17(23)29-13)28-11(5)22/h12-17,23H,6H2,1-5H3/t12-,13+,14+,15-,16+,17-/m0/s1.